The van der Waals surface area contributed by atoms with Crippen LogP contribution < -0.4 is 0 Å². The summed E-state index contributed by atoms with van der Waals surface area (Å²) in [7, 11) is 3.87. The molecule has 1 fully saturated rings. The van der Waals surface area contributed by atoms with Crippen LogP contribution >= 0.6 is 0 Å². The highest BCUT2D eigenvalue weighted by Gasteiger charge is 2.19. The molecule has 11 heavy (non-hydrogen) atoms. The first-order valence-corrected chi connectivity index (χ1v) is 3.63. The van der Waals surface area contributed by atoms with Gasteiger partial charge in [0, 0.05) is 34.1 Å². The van der Waals surface area contributed by atoms with Crippen LogP contribution in [0.4, 0.5) is 0 Å². The predicted octanol–water partition coefficient (Wildman–Crippen LogP) is -0.234. The molecule has 0 N–H and O–H groups in total. The molecule has 0 aliphatic carbocycles. The first-order valence-electron chi connectivity index (χ1n) is 3.63. The van der Waals surface area contributed by atoms with Crippen molar-refractivity contribution in [1.82, 2.24) is 9.80 Å². The van der Waals surface area contributed by atoms with Crippen molar-refractivity contribution in [2.24, 2.45) is 4.99 Å². The summed E-state index contributed by atoms with van der Waals surface area (Å²) in [4.78, 5) is 18.5. The Balaban J connectivity index is 2.75. The van der Waals surface area contributed by atoms with E-state index in [2.05, 4.69) is 4.99 Å². The van der Waals surface area contributed by atoms with Gasteiger partial charge in [0.1, 0.15) is 0 Å². The summed E-state index contributed by atoms with van der Waals surface area (Å²) in [5.74, 6) is 0.637. The third-order valence-corrected chi connectivity index (χ3v) is 1.71. The van der Waals surface area contributed by atoms with Crippen molar-refractivity contribution in [2.75, 3.05) is 27.2 Å². The third kappa shape index (κ3) is 1.69. The minimum absolute atomic E-state index is 0.138. The Morgan fingerprint density at radius 1 is 1.36 bits per heavy atom. The molecule has 4 nitrogen and oxygen atoms in total. The molecule has 1 aliphatic heterocycles. The number of nitrogens with zero attached hydrogens (tertiary/aromatic N) is 3. The Morgan fingerprint density at radius 3 is 2.18 bits per heavy atom. The topological polar surface area (TPSA) is 35.9 Å². The fourth-order valence-electron chi connectivity index (χ4n) is 1.10. The minimum Gasteiger partial charge on any atom is -0.344 e. The van der Waals surface area contributed by atoms with Gasteiger partial charge >= 0.3 is 0 Å². The number of hydrogen-bond donors (Lipinski definition) is 0. The largest absolute Gasteiger partial charge is 0.344 e. The summed E-state index contributed by atoms with van der Waals surface area (Å²) in [6.45, 7) is 3.36. The zero-order chi connectivity index (χ0) is 8.43. The standard InChI is InChI=1S/C7H13N3O/c1-6(11)8-7-9(2)4-5-10(7)3/h4-5H2,1-3H3. The quantitative estimate of drug-likeness (QED) is 0.484. The van der Waals surface area contributed by atoms with Crippen molar-refractivity contribution >= 4 is 11.9 Å². The van der Waals surface area contributed by atoms with Gasteiger partial charge in [-0.15, -0.1) is 0 Å². The Bertz CT molecular complexity index is 188. The van der Waals surface area contributed by atoms with Gasteiger partial charge < -0.3 is 9.80 Å². The van der Waals surface area contributed by atoms with Crippen molar-refractivity contribution in [1.29, 1.82) is 0 Å². The van der Waals surface area contributed by atoms with E-state index in [1.54, 1.807) is 0 Å². The number of hydrogen-bond acceptors (Lipinski definition) is 1. The first-order chi connectivity index (χ1) is 5.11. The van der Waals surface area contributed by atoms with E-state index >= 15 is 0 Å². The molecule has 1 saturated heterocycles. The average molecular weight is 155 g/mol. The summed E-state index contributed by atoms with van der Waals surface area (Å²) >= 11 is 0. The Kier molecular flexibility index (Phi) is 2.12. The van der Waals surface area contributed by atoms with Crippen molar-refractivity contribution in [3.05, 3.63) is 0 Å². The van der Waals surface area contributed by atoms with E-state index in [0.717, 1.165) is 19.0 Å². The molecule has 1 rings (SSSR count). The zero-order valence-corrected chi connectivity index (χ0v) is 7.16. The van der Waals surface area contributed by atoms with Crippen molar-refractivity contribution in [2.45, 2.75) is 6.92 Å². The van der Waals surface area contributed by atoms with Crippen molar-refractivity contribution in [3.63, 3.8) is 0 Å². The number of amides is 1. The normalized spacial score (nSPS) is 17.5. The van der Waals surface area contributed by atoms with Gasteiger partial charge in [0.25, 0.3) is 0 Å². The lowest BCUT2D eigenvalue weighted by Gasteiger charge is -2.14. The molecule has 0 aromatic heterocycles. The fraction of sp³-hybridized carbons (Fsp3) is 0.714. The van der Waals surface area contributed by atoms with Crippen molar-refractivity contribution in [3.8, 4) is 0 Å². The van der Waals surface area contributed by atoms with Crippen LogP contribution in [0, 0.1) is 0 Å². The van der Waals surface area contributed by atoms with Crippen LogP contribution in [0.15, 0.2) is 4.99 Å². The van der Waals surface area contributed by atoms with Crippen LogP contribution in [0.3, 0.4) is 0 Å². The van der Waals surface area contributed by atoms with Crippen LogP contribution in [-0.4, -0.2) is 48.9 Å². The average Bonchev–Trinajstić information content (AvgIpc) is 2.18. The number of aliphatic imine (C=N–C) groups is 1. The van der Waals surface area contributed by atoms with Crippen molar-refractivity contribution < 1.29 is 4.79 Å². The van der Waals surface area contributed by atoms with Gasteiger partial charge in [-0.2, -0.15) is 4.99 Å². The minimum atomic E-state index is -0.138. The van der Waals surface area contributed by atoms with Gasteiger partial charge in [0.2, 0.25) is 11.9 Å². The molecule has 0 spiro atoms. The van der Waals surface area contributed by atoms with Gasteiger partial charge in [-0.1, -0.05) is 0 Å². The molecular formula is C7H13N3O. The second-order valence-corrected chi connectivity index (χ2v) is 2.77. The number of carbonyl (C=O) groups excluding carboxylic acids is 1. The van der Waals surface area contributed by atoms with Crippen LogP contribution in [0.5, 0.6) is 0 Å². The maximum absolute atomic E-state index is 10.6. The first kappa shape index (κ1) is 8.04. The molecule has 1 amide bonds. The monoisotopic (exact) mass is 155 g/mol. The molecule has 0 bridgehead atoms. The molecule has 4 heteroatoms. The lowest BCUT2D eigenvalue weighted by molar-refractivity contribution is -0.115. The molecule has 1 heterocycles. The maximum atomic E-state index is 10.6. The Hall–Kier alpha value is -1.06. The molecule has 0 aromatic rings. The Labute approximate surface area is 66.5 Å². The van der Waals surface area contributed by atoms with Crippen LogP contribution in [-0.2, 0) is 4.79 Å². The van der Waals surface area contributed by atoms with Gasteiger partial charge in [0.15, 0.2) is 0 Å². The molecule has 0 radical (unpaired) electrons. The lowest BCUT2D eigenvalue weighted by Crippen LogP contribution is -2.29. The molecule has 0 unspecified atom stereocenters. The SMILES string of the molecule is CC(=O)N=C1N(C)CCN1C. The highest BCUT2D eigenvalue weighted by atomic mass is 16.1. The highest BCUT2D eigenvalue weighted by molar-refractivity contribution is 5.92. The summed E-state index contributed by atoms with van der Waals surface area (Å²) in [5, 5.41) is 0. The lowest BCUT2D eigenvalue weighted by atomic mass is 10.6. The second-order valence-electron chi connectivity index (χ2n) is 2.77. The molecule has 62 valence electrons. The number of likely N-dealkylation sites (N-methyl/N-ethyl adjacent to an activating group) is 2. The third-order valence-electron chi connectivity index (χ3n) is 1.71. The molecule has 0 saturated carbocycles. The zero-order valence-electron chi connectivity index (χ0n) is 7.16. The van der Waals surface area contributed by atoms with Crippen LogP contribution in [0.1, 0.15) is 6.92 Å². The molecule has 0 aromatic carbocycles. The summed E-state index contributed by atoms with van der Waals surface area (Å²) < 4.78 is 0. The van der Waals surface area contributed by atoms with E-state index in [9.17, 15) is 4.79 Å². The van der Waals surface area contributed by atoms with E-state index in [4.69, 9.17) is 0 Å². The second kappa shape index (κ2) is 2.90. The van der Waals surface area contributed by atoms with Gasteiger partial charge in [-0.05, 0) is 0 Å². The van der Waals surface area contributed by atoms with E-state index < -0.39 is 0 Å². The van der Waals surface area contributed by atoms with E-state index in [0.29, 0.717) is 0 Å². The van der Waals surface area contributed by atoms with Gasteiger partial charge in [-0.3, -0.25) is 4.79 Å². The van der Waals surface area contributed by atoms with Crippen LogP contribution in [0.2, 0.25) is 0 Å². The summed E-state index contributed by atoms with van der Waals surface area (Å²) in [6.07, 6.45) is 0. The smallest absolute Gasteiger partial charge is 0.245 e. The Morgan fingerprint density at radius 2 is 1.82 bits per heavy atom. The molecule has 1 aliphatic rings. The highest BCUT2D eigenvalue weighted by Crippen LogP contribution is 2.02. The molecular weight excluding hydrogens is 142 g/mol. The van der Waals surface area contributed by atoms with Gasteiger partial charge in [-0.25, -0.2) is 0 Å². The van der Waals surface area contributed by atoms with E-state index in [-0.39, 0.29) is 5.91 Å². The maximum Gasteiger partial charge on any atom is 0.245 e. The summed E-state index contributed by atoms with van der Waals surface area (Å²) in [5.41, 5.74) is 0. The number of carbonyl (C=O) groups is 1. The molecule has 0 atom stereocenters. The summed E-state index contributed by atoms with van der Waals surface area (Å²) in [6, 6.07) is 0. The predicted molar refractivity (Wildman–Crippen MR) is 43.4 cm³/mol. The fourth-order valence-corrected chi connectivity index (χ4v) is 1.10. The van der Waals surface area contributed by atoms with Gasteiger partial charge in [0.05, 0.1) is 0 Å². The van der Waals surface area contributed by atoms with Crippen LogP contribution in [0.25, 0.3) is 0 Å². The number of rotatable bonds is 0. The number of guanidine groups is 1. The van der Waals surface area contributed by atoms with E-state index in [1.165, 1.54) is 6.92 Å². The van der Waals surface area contributed by atoms with E-state index in [1.807, 2.05) is 23.9 Å².